The van der Waals surface area contributed by atoms with Crippen molar-refractivity contribution in [2.24, 2.45) is 29.1 Å². The first-order valence-corrected chi connectivity index (χ1v) is 17.0. The van der Waals surface area contributed by atoms with E-state index in [-0.39, 0.29) is 11.2 Å². The van der Waals surface area contributed by atoms with Crippen LogP contribution in [0.5, 0.6) is 0 Å². The van der Waals surface area contributed by atoms with Crippen molar-refractivity contribution < 1.29 is 9.47 Å². The molecule has 5 saturated carbocycles. The Morgan fingerprint density at radius 2 is 1.86 bits per heavy atom. The van der Waals surface area contributed by atoms with E-state index in [0.717, 1.165) is 73.4 Å². The molecular weight excluding hydrogens is 546 g/mol. The zero-order valence-corrected chi connectivity index (χ0v) is 25.4. The highest BCUT2D eigenvalue weighted by Gasteiger charge is 2.55. The Morgan fingerprint density at radius 3 is 2.60 bits per heavy atom. The molecule has 2 aromatic rings. The second-order valence-electron chi connectivity index (χ2n) is 13.4. The van der Waals surface area contributed by atoms with Gasteiger partial charge in [-0.05, 0) is 92.9 Å². The smallest absolute Gasteiger partial charge is 0.224 e. The van der Waals surface area contributed by atoms with Gasteiger partial charge in [-0.25, -0.2) is 9.97 Å². The topological polar surface area (TPSA) is 117 Å². The van der Waals surface area contributed by atoms with Crippen molar-refractivity contribution in [1.29, 1.82) is 5.26 Å². The van der Waals surface area contributed by atoms with Gasteiger partial charge in [0.2, 0.25) is 5.95 Å². The van der Waals surface area contributed by atoms with Crippen LogP contribution in [0.4, 0.5) is 11.8 Å². The minimum Gasteiger partial charge on any atom is -0.368 e. The number of aromatic nitrogens is 3. The largest absolute Gasteiger partial charge is 0.368 e. The third kappa shape index (κ3) is 5.73. The molecule has 9 nitrogen and oxygen atoms in total. The fraction of sp³-hybridized carbons (Fsp3) is 0.688. The van der Waals surface area contributed by atoms with E-state index < -0.39 is 0 Å². The summed E-state index contributed by atoms with van der Waals surface area (Å²) < 4.78 is 11.9. The van der Waals surface area contributed by atoms with Crippen LogP contribution in [0, 0.1) is 40.4 Å². The molecule has 1 aliphatic heterocycles. The van der Waals surface area contributed by atoms with E-state index in [2.05, 4.69) is 38.1 Å². The lowest BCUT2D eigenvalue weighted by Gasteiger charge is -2.60. The van der Waals surface area contributed by atoms with Crippen molar-refractivity contribution in [3.63, 3.8) is 0 Å². The summed E-state index contributed by atoms with van der Waals surface area (Å²) in [7, 11) is 0. The molecule has 0 aromatic carbocycles. The van der Waals surface area contributed by atoms with Crippen LogP contribution in [0.1, 0.15) is 68.9 Å². The van der Waals surface area contributed by atoms with Crippen LogP contribution in [0.25, 0.3) is 0 Å². The number of rotatable bonds is 10. The molecule has 1 saturated heterocycles. The number of pyridine rings is 1. The molecule has 10 heteroatoms. The number of thioether (sulfide) groups is 1. The maximum atomic E-state index is 9.78. The van der Waals surface area contributed by atoms with Gasteiger partial charge in [0.1, 0.15) is 22.5 Å². The van der Waals surface area contributed by atoms with Crippen LogP contribution >= 0.6 is 11.8 Å². The fourth-order valence-corrected chi connectivity index (χ4v) is 9.59. The summed E-state index contributed by atoms with van der Waals surface area (Å²) in [6, 6.07) is 6.95. The van der Waals surface area contributed by atoms with Gasteiger partial charge >= 0.3 is 0 Å². The van der Waals surface area contributed by atoms with Crippen molar-refractivity contribution in [2.75, 3.05) is 43.2 Å². The molecule has 3 heterocycles. The maximum absolute atomic E-state index is 9.78. The van der Waals surface area contributed by atoms with Gasteiger partial charge in [0, 0.05) is 43.7 Å². The minimum atomic E-state index is -0.262. The third-order valence-electron chi connectivity index (χ3n) is 10.7. The predicted molar refractivity (Wildman–Crippen MR) is 163 cm³/mol. The monoisotopic (exact) mass is 589 g/mol. The van der Waals surface area contributed by atoms with E-state index in [9.17, 15) is 5.26 Å². The molecule has 1 spiro atoms. The molecular formula is C32H43N7O2S. The first-order chi connectivity index (χ1) is 20.6. The first kappa shape index (κ1) is 28.3. The summed E-state index contributed by atoms with van der Waals surface area (Å²) in [4.78, 5) is 13.6. The van der Waals surface area contributed by atoms with E-state index in [1.165, 1.54) is 44.9 Å². The average molecular weight is 590 g/mol. The number of hydrogen-bond donors (Lipinski definition) is 3. The highest BCUT2D eigenvalue weighted by atomic mass is 32.2. The van der Waals surface area contributed by atoms with Gasteiger partial charge in [-0.2, -0.15) is 10.2 Å². The zero-order valence-electron chi connectivity index (χ0n) is 24.6. The second kappa shape index (κ2) is 11.9. The number of nitrogens with zero attached hydrogens (tertiary/aromatic N) is 4. The number of nitrogens with one attached hydrogen (secondary N) is 3. The Bertz CT molecular complexity index is 1290. The zero-order chi connectivity index (χ0) is 28.6. The first-order valence-electron chi connectivity index (χ1n) is 15.8. The summed E-state index contributed by atoms with van der Waals surface area (Å²) >= 11 is 1.63. The van der Waals surface area contributed by atoms with Crippen molar-refractivity contribution in [1.82, 2.24) is 20.3 Å². The van der Waals surface area contributed by atoms with Gasteiger partial charge in [0.05, 0.1) is 19.4 Å². The van der Waals surface area contributed by atoms with Gasteiger partial charge in [0.15, 0.2) is 5.79 Å². The Balaban J connectivity index is 0.956. The molecule has 1 unspecified atom stereocenters. The van der Waals surface area contributed by atoms with Gasteiger partial charge in [0.25, 0.3) is 0 Å². The molecule has 6 fully saturated rings. The van der Waals surface area contributed by atoms with E-state index >= 15 is 0 Å². The summed E-state index contributed by atoms with van der Waals surface area (Å²) in [5, 5.41) is 21.8. The number of anilines is 2. The second-order valence-corrected chi connectivity index (χ2v) is 14.2. The average Bonchev–Trinajstić information content (AvgIpc) is 3.47. The lowest BCUT2D eigenvalue weighted by atomic mass is 9.48. The van der Waals surface area contributed by atoms with Crippen LogP contribution in [0.2, 0.25) is 0 Å². The van der Waals surface area contributed by atoms with Gasteiger partial charge in [-0.15, -0.1) is 11.8 Å². The summed E-state index contributed by atoms with van der Waals surface area (Å²) in [5.74, 6) is 3.96. The lowest BCUT2D eigenvalue weighted by molar-refractivity contribution is -0.182. The molecule has 0 amide bonds. The fourth-order valence-electron chi connectivity index (χ4n) is 9.02. The molecule has 3 N–H and O–H groups in total. The number of hydrogen-bond acceptors (Lipinski definition) is 10. The van der Waals surface area contributed by atoms with Crippen LogP contribution in [-0.4, -0.2) is 59.3 Å². The lowest BCUT2D eigenvalue weighted by Crippen LogP contribution is -2.60. The summed E-state index contributed by atoms with van der Waals surface area (Å²) in [5.41, 5.74) is 1.89. The molecule has 6 aliphatic rings. The van der Waals surface area contributed by atoms with Crippen LogP contribution in [-0.2, 0) is 16.0 Å². The van der Waals surface area contributed by atoms with Crippen LogP contribution in [0.3, 0.4) is 0 Å². The summed E-state index contributed by atoms with van der Waals surface area (Å²) in [6.07, 6.45) is 16.5. The van der Waals surface area contributed by atoms with E-state index in [0.29, 0.717) is 29.9 Å². The van der Waals surface area contributed by atoms with Crippen molar-refractivity contribution >= 4 is 23.5 Å². The van der Waals surface area contributed by atoms with Crippen LogP contribution in [0.15, 0.2) is 29.6 Å². The van der Waals surface area contributed by atoms with Gasteiger partial charge in [-0.3, -0.25) is 0 Å². The standard InChI is InChI=1S/C32H43N7O2S/c1-42-29-23(3-2-8-34-29)18-36-30-37-19-26(16-33)28(39-30)38-20-31-13-22-11-24(14-31)27(25(12-22)15-31)35-17-21-4-6-32(7-5-21)40-9-10-41-32/h2-3,8,19,21-22,24-25,27,35H,4-7,9-15,17-18,20H2,1H3,(H2,36,37,38,39)/t22?,24-,25+,27-,31-. The van der Waals surface area contributed by atoms with E-state index in [1.807, 2.05) is 18.5 Å². The molecule has 8 rings (SSSR count). The van der Waals surface area contributed by atoms with Crippen molar-refractivity contribution in [3.8, 4) is 6.07 Å². The Hall–Kier alpha value is -2.45. The molecule has 2 aromatic heterocycles. The molecule has 5 aliphatic carbocycles. The Kier molecular flexibility index (Phi) is 8.03. The highest BCUT2D eigenvalue weighted by Crippen LogP contribution is 2.60. The van der Waals surface area contributed by atoms with E-state index in [1.54, 1.807) is 18.0 Å². The van der Waals surface area contributed by atoms with Gasteiger partial charge in [-0.1, -0.05) is 6.07 Å². The molecule has 224 valence electrons. The number of nitriles is 1. The molecule has 4 bridgehead atoms. The highest BCUT2D eigenvalue weighted by molar-refractivity contribution is 7.98. The molecule has 0 radical (unpaired) electrons. The molecule has 42 heavy (non-hydrogen) atoms. The third-order valence-corrected chi connectivity index (χ3v) is 11.5. The Morgan fingerprint density at radius 1 is 1.07 bits per heavy atom. The minimum absolute atomic E-state index is 0.262. The SMILES string of the molecule is CSc1ncccc1CNc1ncc(C#N)c(NC[C@]23CC4C[C@H](C2)[C@@H](NCC2CCC5(CC2)OCCO5)[C@@H](C4)C3)n1. The maximum Gasteiger partial charge on any atom is 0.224 e. The Labute approximate surface area is 253 Å². The normalized spacial score (nSPS) is 31.3. The summed E-state index contributed by atoms with van der Waals surface area (Å²) in [6.45, 7) is 4.10. The number of ether oxygens (including phenoxy) is 2. The van der Waals surface area contributed by atoms with Crippen molar-refractivity contribution in [3.05, 3.63) is 35.7 Å². The quantitative estimate of drug-likeness (QED) is 0.319. The van der Waals surface area contributed by atoms with Crippen molar-refractivity contribution in [2.45, 2.75) is 81.2 Å². The van der Waals surface area contributed by atoms with E-state index in [4.69, 9.17) is 14.5 Å². The van der Waals surface area contributed by atoms with Gasteiger partial charge < -0.3 is 25.4 Å². The van der Waals surface area contributed by atoms with Crippen LogP contribution < -0.4 is 16.0 Å². The molecule has 5 atom stereocenters. The predicted octanol–water partition coefficient (Wildman–Crippen LogP) is 5.21.